The Kier molecular flexibility index (Phi) is 6.78. The van der Waals surface area contributed by atoms with E-state index in [0.717, 1.165) is 22.4 Å². The fourth-order valence-corrected chi connectivity index (χ4v) is 2.46. The quantitative estimate of drug-likeness (QED) is 0.798. The zero-order valence-corrected chi connectivity index (χ0v) is 15.8. The molecule has 0 saturated carbocycles. The third-order valence-electron chi connectivity index (χ3n) is 3.77. The van der Waals surface area contributed by atoms with Gasteiger partial charge in [0.1, 0.15) is 5.75 Å². The lowest BCUT2D eigenvalue weighted by atomic mass is 10.1. The Morgan fingerprint density at radius 1 is 1.04 bits per heavy atom. The van der Waals surface area contributed by atoms with E-state index in [4.69, 9.17) is 4.74 Å². The predicted molar refractivity (Wildman–Crippen MR) is 103 cm³/mol. The van der Waals surface area contributed by atoms with Crippen LogP contribution in [0.5, 0.6) is 5.75 Å². The highest BCUT2D eigenvalue weighted by atomic mass is 16.5. The molecule has 0 saturated heterocycles. The molecule has 2 rings (SSSR count). The van der Waals surface area contributed by atoms with Gasteiger partial charge in [-0.2, -0.15) is 0 Å². The molecule has 2 N–H and O–H groups in total. The molecule has 0 aliphatic rings. The Hall–Kier alpha value is -2.82. The van der Waals surface area contributed by atoms with Gasteiger partial charge in [0.2, 0.25) is 5.91 Å². The van der Waals surface area contributed by atoms with E-state index in [1.165, 1.54) is 0 Å². The molecule has 0 unspecified atom stereocenters. The van der Waals surface area contributed by atoms with E-state index < -0.39 is 0 Å². The zero-order chi connectivity index (χ0) is 19.1. The van der Waals surface area contributed by atoms with E-state index in [-0.39, 0.29) is 24.3 Å². The molecule has 2 aromatic carbocycles. The van der Waals surface area contributed by atoms with Crippen molar-refractivity contribution in [3.05, 3.63) is 59.2 Å². The molecule has 2 aromatic rings. The molecule has 0 radical (unpaired) electrons. The smallest absolute Gasteiger partial charge is 0.258 e. The van der Waals surface area contributed by atoms with E-state index in [2.05, 4.69) is 16.7 Å². The molecular weight excluding hydrogens is 328 g/mol. The number of nitrogens with one attached hydrogen (secondary N) is 2. The summed E-state index contributed by atoms with van der Waals surface area (Å²) in [6.45, 7) is 8.01. The maximum absolute atomic E-state index is 12.0. The summed E-state index contributed by atoms with van der Waals surface area (Å²) in [6, 6.07) is 13.3. The minimum atomic E-state index is -0.194. The monoisotopic (exact) mass is 354 g/mol. The number of ether oxygens (including phenoxy) is 1. The fourth-order valence-electron chi connectivity index (χ4n) is 2.46. The molecule has 0 aromatic heterocycles. The largest absolute Gasteiger partial charge is 0.484 e. The van der Waals surface area contributed by atoms with Crippen molar-refractivity contribution in [1.82, 2.24) is 5.32 Å². The number of anilines is 1. The first-order chi connectivity index (χ1) is 12.3. The minimum absolute atomic E-state index is 0.0342. The highest BCUT2D eigenvalue weighted by Crippen LogP contribution is 2.16. The molecule has 138 valence electrons. The second kappa shape index (κ2) is 9.04. The Labute approximate surface area is 154 Å². The van der Waals surface area contributed by atoms with Crippen molar-refractivity contribution in [2.45, 2.75) is 34.2 Å². The Balaban J connectivity index is 1.84. The van der Waals surface area contributed by atoms with Crippen molar-refractivity contribution in [1.29, 1.82) is 0 Å². The number of benzene rings is 2. The van der Waals surface area contributed by atoms with Gasteiger partial charge in [0, 0.05) is 18.2 Å². The number of hydrogen-bond donors (Lipinski definition) is 2. The number of amides is 2. The van der Waals surface area contributed by atoms with Crippen LogP contribution in [0.1, 0.15) is 30.5 Å². The molecule has 0 heterocycles. The topological polar surface area (TPSA) is 67.4 Å². The Morgan fingerprint density at radius 2 is 1.73 bits per heavy atom. The van der Waals surface area contributed by atoms with Crippen molar-refractivity contribution < 1.29 is 14.3 Å². The van der Waals surface area contributed by atoms with Crippen molar-refractivity contribution in [3.8, 4) is 5.75 Å². The van der Waals surface area contributed by atoms with Crippen LogP contribution >= 0.6 is 0 Å². The van der Waals surface area contributed by atoms with Crippen LogP contribution in [0.15, 0.2) is 42.5 Å². The van der Waals surface area contributed by atoms with Crippen LogP contribution in [0.3, 0.4) is 0 Å². The number of hydrogen-bond acceptors (Lipinski definition) is 3. The summed E-state index contributed by atoms with van der Waals surface area (Å²) in [5, 5.41) is 5.68. The summed E-state index contributed by atoms with van der Waals surface area (Å²) in [7, 11) is 0. The summed E-state index contributed by atoms with van der Waals surface area (Å²) in [5.41, 5.74) is 3.83. The fraction of sp³-hybridized carbons (Fsp3) is 0.333. The number of aryl methyl sites for hydroxylation is 2. The van der Waals surface area contributed by atoms with Gasteiger partial charge in [-0.15, -0.1) is 0 Å². The number of rotatable bonds is 7. The van der Waals surface area contributed by atoms with Crippen LogP contribution < -0.4 is 15.4 Å². The summed E-state index contributed by atoms with van der Waals surface area (Å²) in [6.07, 6.45) is 0. The van der Waals surface area contributed by atoms with E-state index in [0.29, 0.717) is 12.3 Å². The SMILES string of the molecule is Cc1cc(C)cc(OCC(=O)NCc2cccc(NC(=O)C(C)C)c2)c1. The van der Waals surface area contributed by atoms with Crippen LogP contribution in [0, 0.1) is 19.8 Å². The third-order valence-corrected chi connectivity index (χ3v) is 3.77. The lowest BCUT2D eigenvalue weighted by Gasteiger charge is -2.11. The molecular formula is C21H26N2O3. The summed E-state index contributed by atoms with van der Waals surface area (Å²) in [5.74, 6) is 0.380. The van der Waals surface area contributed by atoms with E-state index in [1.54, 1.807) is 0 Å². The molecule has 0 atom stereocenters. The van der Waals surface area contributed by atoms with Gasteiger partial charge in [-0.1, -0.05) is 32.0 Å². The average Bonchev–Trinajstić information content (AvgIpc) is 2.57. The molecule has 0 aliphatic carbocycles. The van der Waals surface area contributed by atoms with Crippen molar-refractivity contribution in [2.24, 2.45) is 5.92 Å². The normalized spacial score (nSPS) is 10.5. The molecule has 2 amide bonds. The van der Waals surface area contributed by atoms with Crippen molar-refractivity contribution >= 4 is 17.5 Å². The lowest BCUT2D eigenvalue weighted by molar-refractivity contribution is -0.123. The maximum atomic E-state index is 12.0. The maximum Gasteiger partial charge on any atom is 0.258 e. The number of carbonyl (C=O) groups excluding carboxylic acids is 2. The second-order valence-electron chi connectivity index (χ2n) is 6.73. The van der Waals surface area contributed by atoms with Gasteiger partial charge in [-0.25, -0.2) is 0 Å². The number of carbonyl (C=O) groups is 2. The predicted octanol–water partition coefficient (Wildman–Crippen LogP) is 3.59. The molecule has 5 nitrogen and oxygen atoms in total. The van der Waals surface area contributed by atoms with E-state index >= 15 is 0 Å². The molecule has 0 bridgehead atoms. The summed E-state index contributed by atoms with van der Waals surface area (Å²) in [4.78, 5) is 23.8. The van der Waals surface area contributed by atoms with Crippen LogP contribution in [0.2, 0.25) is 0 Å². The van der Waals surface area contributed by atoms with Crippen molar-refractivity contribution in [2.75, 3.05) is 11.9 Å². The Bertz CT molecular complexity index is 764. The first kappa shape index (κ1) is 19.5. The van der Waals surface area contributed by atoms with Crippen LogP contribution in [0.25, 0.3) is 0 Å². The van der Waals surface area contributed by atoms with Crippen LogP contribution in [0.4, 0.5) is 5.69 Å². The van der Waals surface area contributed by atoms with Gasteiger partial charge >= 0.3 is 0 Å². The molecule has 26 heavy (non-hydrogen) atoms. The van der Waals surface area contributed by atoms with E-state index in [9.17, 15) is 9.59 Å². The lowest BCUT2D eigenvalue weighted by Crippen LogP contribution is -2.28. The van der Waals surface area contributed by atoms with Gasteiger partial charge in [-0.3, -0.25) is 9.59 Å². The first-order valence-corrected chi connectivity index (χ1v) is 8.71. The van der Waals surface area contributed by atoms with Gasteiger partial charge in [0.05, 0.1) is 0 Å². The average molecular weight is 354 g/mol. The van der Waals surface area contributed by atoms with Crippen LogP contribution in [-0.2, 0) is 16.1 Å². The minimum Gasteiger partial charge on any atom is -0.484 e. The highest BCUT2D eigenvalue weighted by molar-refractivity contribution is 5.92. The molecule has 0 spiro atoms. The standard InChI is InChI=1S/C21H26N2O3/c1-14(2)21(25)23-18-7-5-6-17(11-18)12-22-20(24)13-26-19-9-15(3)8-16(4)10-19/h5-11,14H,12-13H2,1-4H3,(H,22,24)(H,23,25). The van der Waals surface area contributed by atoms with Gasteiger partial charge in [-0.05, 0) is 54.8 Å². The molecule has 0 aliphatic heterocycles. The highest BCUT2D eigenvalue weighted by Gasteiger charge is 2.08. The summed E-state index contributed by atoms with van der Waals surface area (Å²) < 4.78 is 5.55. The summed E-state index contributed by atoms with van der Waals surface area (Å²) >= 11 is 0. The molecule has 0 fully saturated rings. The Morgan fingerprint density at radius 3 is 2.38 bits per heavy atom. The zero-order valence-electron chi connectivity index (χ0n) is 15.8. The molecule has 5 heteroatoms. The van der Waals surface area contributed by atoms with Crippen molar-refractivity contribution in [3.63, 3.8) is 0 Å². The third kappa shape index (κ3) is 6.24. The van der Waals surface area contributed by atoms with Gasteiger partial charge in [0.25, 0.3) is 5.91 Å². The first-order valence-electron chi connectivity index (χ1n) is 8.71. The van der Waals surface area contributed by atoms with Crippen LogP contribution in [-0.4, -0.2) is 18.4 Å². The van der Waals surface area contributed by atoms with E-state index in [1.807, 2.05) is 64.1 Å². The second-order valence-corrected chi connectivity index (χ2v) is 6.73. The van der Waals surface area contributed by atoms with Gasteiger partial charge < -0.3 is 15.4 Å². The van der Waals surface area contributed by atoms with Gasteiger partial charge in [0.15, 0.2) is 6.61 Å².